The largest absolute Gasteiger partial charge is 0.469 e. The topological polar surface area (TPSA) is 92.8 Å². The summed E-state index contributed by atoms with van der Waals surface area (Å²) in [6.07, 6.45) is 0.982. The number of hydrogen-bond acceptors (Lipinski definition) is 6. The van der Waals surface area contributed by atoms with Crippen molar-refractivity contribution in [3.63, 3.8) is 0 Å². The van der Waals surface area contributed by atoms with Gasteiger partial charge >= 0.3 is 5.97 Å². The summed E-state index contributed by atoms with van der Waals surface area (Å²) < 4.78 is 45.1. The van der Waals surface area contributed by atoms with Gasteiger partial charge in [-0.15, -0.1) is 11.3 Å². The summed E-state index contributed by atoms with van der Waals surface area (Å²) in [6.45, 7) is 0.425. The van der Waals surface area contributed by atoms with E-state index in [2.05, 4.69) is 5.32 Å². The van der Waals surface area contributed by atoms with Crippen LogP contribution in [0.1, 0.15) is 30.9 Å². The zero-order valence-electron chi connectivity index (χ0n) is 16.4. The predicted octanol–water partition coefficient (Wildman–Crippen LogP) is 2.71. The molecule has 2 atom stereocenters. The number of hydrogen-bond donors (Lipinski definition) is 1. The highest BCUT2D eigenvalue weighted by Gasteiger charge is 2.34. The Morgan fingerprint density at radius 1 is 1.30 bits per heavy atom. The molecule has 1 aliphatic heterocycles. The first-order valence-electron chi connectivity index (χ1n) is 9.47. The van der Waals surface area contributed by atoms with E-state index in [4.69, 9.17) is 4.74 Å². The van der Waals surface area contributed by atoms with Crippen LogP contribution >= 0.6 is 11.3 Å². The van der Waals surface area contributed by atoms with Crippen molar-refractivity contribution < 1.29 is 27.1 Å². The van der Waals surface area contributed by atoms with E-state index in [9.17, 15) is 22.4 Å². The summed E-state index contributed by atoms with van der Waals surface area (Å²) in [5, 5.41) is 4.51. The third-order valence-electron chi connectivity index (χ3n) is 5.03. The van der Waals surface area contributed by atoms with Gasteiger partial charge in [-0.2, -0.15) is 4.31 Å². The third-order valence-corrected chi connectivity index (χ3v) is 8.27. The highest BCUT2D eigenvalue weighted by Crippen LogP contribution is 2.27. The number of nitrogens with zero attached hydrogens (tertiary/aromatic N) is 1. The molecule has 1 saturated heterocycles. The van der Waals surface area contributed by atoms with Crippen LogP contribution < -0.4 is 5.32 Å². The lowest BCUT2D eigenvalue weighted by atomic mass is 9.97. The van der Waals surface area contributed by atoms with Crippen LogP contribution in [0.5, 0.6) is 0 Å². The maximum Gasteiger partial charge on any atom is 0.307 e. The van der Waals surface area contributed by atoms with Gasteiger partial charge in [0.2, 0.25) is 5.91 Å². The molecule has 0 saturated carbocycles. The number of methoxy groups -OCH3 is 1. The molecule has 2 aromatic rings. The summed E-state index contributed by atoms with van der Waals surface area (Å²) in [6, 6.07) is 8.02. The van der Waals surface area contributed by atoms with Gasteiger partial charge in [0.05, 0.1) is 25.5 Å². The number of thiophene rings is 1. The molecule has 2 heterocycles. The van der Waals surface area contributed by atoms with Gasteiger partial charge in [0.1, 0.15) is 10.0 Å². The van der Waals surface area contributed by atoms with Crippen LogP contribution in [0.15, 0.2) is 46.0 Å². The first kappa shape index (κ1) is 22.4. The molecule has 2 unspecified atom stereocenters. The van der Waals surface area contributed by atoms with Crippen molar-refractivity contribution in [3.8, 4) is 0 Å². The number of halogens is 1. The number of amides is 1. The minimum absolute atomic E-state index is 0.0699. The number of piperidine rings is 1. The lowest BCUT2D eigenvalue weighted by Gasteiger charge is -2.31. The molecule has 0 bridgehead atoms. The Hall–Kier alpha value is -2.30. The van der Waals surface area contributed by atoms with Gasteiger partial charge in [0, 0.05) is 13.1 Å². The van der Waals surface area contributed by atoms with E-state index in [0.29, 0.717) is 24.9 Å². The van der Waals surface area contributed by atoms with Crippen LogP contribution in [-0.2, 0) is 24.3 Å². The molecule has 1 fully saturated rings. The number of carbonyl (C=O) groups excluding carboxylic acids is 2. The summed E-state index contributed by atoms with van der Waals surface area (Å²) in [5.41, 5.74) is 0.564. The van der Waals surface area contributed by atoms with Crippen LogP contribution in [0.2, 0.25) is 0 Å². The second-order valence-electron chi connectivity index (χ2n) is 7.03. The summed E-state index contributed by atoms with van der Waals surface area (Å²) >= 11 is 1.14. The molecule has 7 nitrogen and oxygen atoms in total. The molecular weight excluding hydrogens is 431 g/mol. The van der Waals surface area contributed by atoms with Gasteiger partial charge in [0.15, 0.2) is 0 Å². The summed E-state index contributed by atoms with van der Waals surface area (Å²) in [7, 11) is -2.39. The van der Waals surface area contributed by atoms with Crippen LogP contribution in [0.3, 0.4) is 0 Å². The molecule has 30 heavy (non-hydrogen) atoms. The fraction of sp³-hybridized carbons (Fsp3) is 0.400. The first-order valence-corrected chi connectivity index (χ1v) is 11.8. The maximum atomic E-state index is 13.3. The Labute approximate surface area is 178 Å². The maximum absolute atomic E-state index is 13.3. The number of rotatable bonds is 7. The second-order valence-corrected chi connectivity index (χ2v) is 10.1. The number of sulfonamides is 1. The molecule has 3 rings (SSSR count). The smallest absolute Gasteiger partial charge is 0.307 e. The van der Waals surface area contributed by atoms with Crippen molar-refractivity contribution in [1.29, 1.82) is 0 Å². The van der Waals surface area contributed by atoms with Crippen molar-refractivity contribution in [2.75, 3.05) is 20.2 Å². The lowest BCUT2D eigenvalue weighted by Crippen LogP contribution is -2.46. The second kappa shape index (κ2) is 9.67. The average molecular weight is 455 g/mol. The van der Waals surface area contributed by atoms with Crippen molar-refractivity contribution in [3.05, 3.63) is 53.2 Å². The van der Waals surface area contributed by atoms with Crippen molar-refractivity contribution in [2.24, 2.45) is 5.92 Å². The van der Waals surface area contributed by atoms with E-state index in [-0.39, 0.29) is 23.1 Å². The van der Waals surface area contributed by atoms with Crippen molar-refractivity contribution in [1.82, 2.24) is 9.62 Å². The molecule has 1 aromatic carbocycles. The number of benzene rings is 1. The highest BCUT2D eigenvalue weighted by molar-refractivity contribution is 7.91. The van der Waals surface area contributed by atoms with E-state index < -0.39 is 33.8 Å². The monoisotopic (exact) mass is 454 g/mol. The van der Waals surface area contributed by atoms with Crippen molar-refractivity contribution >= 4 is 33.2 Å². The number of ether oxygens (including phenoxy) is 1. The first-order chi connectivity index (χ1) is 14.3. The fourth-order valence-electron chi connectivity index (χ4n) is 3.40. The lowest BCUT2D eigenvalue weighted by molar-refractivity contribution is -0.141. The number of esters is 1. The SMILES string of the molecule is COC(=O)CC(NC(=O)C1CCCN(S(=O)(=O)c2cccs2)C1)c1ccc(F)cc1. The molecule has 0 spiro atoms. The van der Waals surface area contributed by atoms with E-state index in [1.807, 2.05) is 0 Å². The van der Waals surface area contributed by atoms with Gasteiger partial charge in [-0.25, -0.2) is 12.8 Å². The van der Waals surface area contributed by atoms with Crippen LogP contribution in [-0.4, -0.2) is 44.8 Å². The molecule has 1 aromatic heterocycles. The molecule has 162 valence electrons. The van der Waals surface area contributed by atoms with Crippen molar-refractivity contribution in [2.45, 2.75) is 29.5 Å². The van der Waals surface area contributed by atoms with Gasteiger partial charge in [-0.3, -0.25) is 9.59 Å². The van der Waals surface area contributed by atoms with Gasteiger partial charge in [0.25, 0.3) is 10.0 Å². The average Bonchev–Trinajstić information content (AvgIpc) is 3.29. The highest BCUT2D eigenvalue weighted by atomic mass is 32.2. The molecule has 1 N–H and O–H groups in total. The Morgan fingerprint density at radius 3 is 2.67 bits per heavy atom. The normalized spacial score (nSPS) is 18.5. The van der Waals surface area contributed by atoms with Gasteiger partial charge in [-0.05, 0) is 42.0 Å². The standard InChI is InChI=1S/C20H23FN2O5S2/c1-28-18(24)12-17(14-6-8-16(21)9-7-14)22-20(25)15-4-2-10-23(13-15)30(26,27)19-5-3-11-29-19/h3,5-9,11,15,17H,2,4,10,12-13H2,1H3,(H,22,25). The zero-order valence-corrected chi connectivity index (χ0v) is 18.0. The summed E-state index contributed by atoms with van der Waals surface area (Å²) in [5.74, 6) is -1.84. The Balaban J connectivity index is 1.73. The molecule has 10 heteroatoms. The van der Waals surface area contributed by atoms with Gasteiger partial charge in [-0.1, -0.05) is 18.2 Å². The minimum Gasteiger partial charge on any atom is -0.469 e. The Morgan fingerprint density at radius 2 is 2.03 bits per heavy atom. The van der Waals surface area contributed by atoms with Gasteiger partial charge < -0.3 is 10.1 Å². The van der Waals surface area contributed by atoms with E-state index in [1.54, 1.807) is 17.5 Å². The van der Waals surface area contributed by atoms with E-state index in [1.165, 1.54) is 35.7 Å². The number of carbonyl (C=O) groups is 2. The number of nitrogens with one attached hydrogen (secondary N) is 1. The fourth-order valence-corrected chi connectivity index (χ4v) is 6.07. The quantitative estimate of drug-likeness (QED) is 0.650. The predicted molar refractivity (Wildman–Crippen MR) is 110 cm³/mol. The molecule has 0 aliphatic carbocycles. The third kappa shape index (κ3) is 5.24. The minimum atomic E-state index is -3.64. The zero-order chi connectivity index (χ0) is 21.7. The van der Waals surface area contributed by atoms with E-state index in [0.717, 1.165) is 11.3 Å². The molecular formula is C20H23FN2O5S2. The van der Waals surface area contributed by atoms with Crippen LogP contribution in [0, 0.1) is 11.7 Å². The molecule has 0 radical (unpaired) electrons. The molecule has 1 amide bonds. The Bertz CT molecular complexity index is 977. The van der Waals surface area contributed by atoms with E-state index >= 15 is 0 Å². The Kier molecular flexibility index (Phi) is 7.22. The van der Waals surface area contributed by atoms with Crippen LogP contribution in [0.4, 0.5) is 4.39 Å². The van der Waals surface area contributed by atoms with Crippen LogP contribution in [0.25, 0.3) is 0 Å². The summed E-state index contributed by atoms with van der Waals surface area (Å²) in [4.78, 5) is 24.7. The molecule has 1 aliphatic rings.